The molecular formula is C16H25N3O3. The van der Waals surface area contributed by atoms with Crippen molar-refractivity contribution in [1.29, 1.82) is 0 Å². The van der Waals surface area contributed by atoms with Gasteiger partial charge in [0.2, 0.25) is 5.91 Å². The van der Waals surface area contributed by atoms with Gasteiger partial charge in [0.25, 0.3) is 5.56 Å². The lowest BCUT2D eigenvalue weighted by molar-refractivity contribution is -0.133. The van der Waals surface area contributed by atoms with Gasteiger partial charge in [0.1, 0.15) is 0 Å². The van der Waals surface area contributed by atoms with Crippen molar-refractivity contribution in [2.75, 3.05) is 6.61 Å². The summed E-state index contributed by atoms with van der Waals surface area (Å²) in [6, 6.07) is 0. The summed E-state index contributed by atoms with van der Waals surface area (Å²) in [7, 11) is 0. The molecule has 122 valence electrons. The Morgan fingerprint density at radius 2 is 2.14 bits per heavy atom. The third-order valence-electron chi connectivity index (χ3n) is 4.35. The van der Waals surface area contributed by atoms with Crippen molar-refractivity contribution in [2.24, 2.45) is 5.92 Å². The molecule has 1 saturated heterocycles. The average molecular weight is 307 g/mol. The zero-order chi connectivity index (χ0) is 16.1. The van der Waals surface area contributed by atoms with E-state index in [1.807, 2.05) is 20.8 Å². The van der Waals surface area contributed by atoms with Crippen molar-refractivity contribution in [3.05, 3.63) is 27.2 Å². The van der Waals surface area contributed by atoms with Crippen LogP contribution in [-0.4, -0.2) is 28.8 Å². The molecule has 0 bridgehead atoms. The molecule has 1 aromatic rings. The summed E-state index contributed by atoms with van der Waals surface area (Å²) in [5.74, 6) is -0.172. The number of hydrogen-bond acceptors (Lipinski definition) is 4. The van der Waals surface area contributed by atoms with Crippen LogP contribution in [0, 0.1) is 5.92 Å². The van der Waals surface area contributed by atoms with E-state index in [2.05, 4.69) is 15.5 Å². The molecule has 6 nitrogen and oxygen atoms in total. The summed E-state index contributed by atoms with van der Waals surface area (Å²) in [5.41, 5.74) is 2.23. The highest BCUT2D eigenvalue weighted by Gasteiger charge is 2.28. The van der Waals surface area contributed by atoms with Crippen LogP contribution in [0.3, 0.4) is 0 Å². The van der Waals surface area contributed by atoms with Crippen LogP contribution < -0.4 is 10.9 Å². The maximum absolute atomic E-state index is 12.3. The molecule has 1 aliphatic heterocycles. The van der Waals surface area contributed by atoms with Gasteiger partial charge in [0.15, 0.2) is 0 Å². The molecule has 1 fully saturated rings. The Bertz CT molecular complexity index is 582. The Balaban J connectivity index is 2.11. The predicted molar refractivity (Wildman–Crippen MR) is 83.6 cm³/mol. The first-order chi connectivity index (χ1) is 10.6. The predicted octanol–water partition coefficient (Wildman–Crippen LogP) is 1.33. The maximum atomic E-state index is 12.3. The number of ether oxygens (including phenoxy) is 1. The molecule has 2 unspecified atom stereocenters. The highest BCUT2D eigenvalue weighted by Crippen LogP contribution is 2.20. The summed E-state index contributed by atoms with van der Waals surface area (Å²) >= 11 is 0. The van der Waals surface area contributed by atoms with Gasteiger partial charge >= 0.3 is 0 Å². The lowest BCUT2D eigenvalue weighted by Crippen LogP contribution is -2.40. The van der Waals surface area contributed by atoms with Crippen LogP contribution in [0.2, 0.25) is 0 Å². The Hall–Kier alpha value is -1.69. The van der Waals surface area contributed by atoms with E-state index >= 15 is 0 Å². The monoisotopic (exact) mass is 307 g/mol. The smallest absolute Gasteiger partial charge is 0.269 e. The summed E-state index contributed by atoms with van der Waals surface area (Å²) in [6.07, 6.45) is 3.16. The maximum Gasteiger partial charge on any atom is 0.269 e. The number of carbonyl (C=O) groups excluding carboxylic acids is 1. The van der Waals surface area contributed by atoms with Crippen molar-refractivity contribution in [1.82, 2.24) is 15.5 Å². The number of carbonyl (C=O) groups is 1. The molecule has 0 radical (unpaired) electrons. The minimum absolute atomic E-state index is 0.0384. The van der Waals surface area contributed by atoms with E-state index in [-0.39, 0.29) is 30.0 Å². The molecule has 0 spiro atoms. The van der Waals surface area contributed by atoms with Crippen LogP contribution in [0.5, 0.6) is 0 Å². The van der Waals surface area contributed by atoms with Gasteiger partial charge in [-0.1, -0.05) is 13.8 Å². The minimum Gasteiger partial charge on any atom is -0.378 e. The number of aromatic nitrogens is 2. The zero-order valence-electron chi connectivity index (χ0n) is 13.6. The second-order valence-corrected chi connectivity index (χ2v) is 5.71. The standard InChI is InChI=1S/C16H25N3O3/c1-4-11-13(16(21)19-18-14(11)5-2)9-17-15(20)12-7-6-8-22-10(12)3/h10,12H,4-9H2,1-3H3,(H,17,20)(H,19,21). The van der Waals surface area contributed by atoms with Gasteiger partial charge < -0.3 is 10.1 Å². The Kier molecular flexibility index (Phi) is 5.71. The van der Waals surface area contributed by atoms with Crippen LogP contribution in [0.4, 0.5) is 0 Å². The fourth-order valence-corrected chi connectivity index (χ4v) is 3.04. The van der Waals surface area contributed by atoms with Gasteiger partial charge in [-0.05, 0) is 38.2 Å². The van der Waals surface area contributed by atoms with Crippen molar-refractivity contribution < 1.29 is 9.53 Å². The number of aryl methyl sites for hydroxylation is 1. The van der Waals surface area contributed by atoms with Gasteiger partial charge in [-0.3, -0.25) is 9.59 Å². The molecule has 2 rings (SSSR count). The third kappa shape index (κ3) is 3.55. The quantitative estimate of drug-likeness (QED) is 0.859. The molecule has 0 aliphatic carbocycles. The molecule has 1 aromatic heterocycles. The highest BCUT2D eigenvalue weighted by atomic mass is 16.5. The molecule has 1 amide bonds. The molecule has 6 heteroatoms. The van der Waals surface area contributed by atoms with Gasteiger partial charge in [-0.15, -0.1) is 0 Å². The summed E-state index contributed by atoms with van der Waals surface area (Å²) < 4.78 is 5.53. The highest BCUT2D eigenvalue weighted by molar-refractivity contribution is 5.79. The summed E-state index contributed by atoms with van der Waals surface area (Å²) in [4.78, 5) is 24.4. The van der Waals surface area contributed by atoms with Crippen molar-refractivity contribution in [3.63, 3.8) is 0 Å². The Morgan fingerprint density at radius 1 is 1.36 bits per heavy atom. The molecular weight excluding hydrogens is 282 g/mol. The summed E-state index contributed by atoms with van der Waals surface area (Å²) in [6.45, 7) is 6.89. The first kappa shape index (κ1) is 16.7. The van der Waals surface area contributed by atoms with Crippen LogP contribution >= 0.6 is 0 Å². The van der Waals surface area contributed by atoms with Gasteiger partial charge in [0, 0.05) is 18.7 Å². The third-order valence-corrected chi connectivity index (χ3v) is 4.35. The average Bonchev–Trinajstić information content (AvgIpc) is 2.53. The Labute approximate surface area is 130 Å². The first-order valence-corrected chi connectivity index (χ1v) is 8.07. The van der Waals surface area contributed by atoms with Gasteiger partial charge in [-0.2, -0.15) is 5.10 Å². The van der Waals surface area contributed by atoms with E-state index in [1.54, 1.807) is 0 Å². The number of nitrogens with zero attached hydrogens (tertiary/aromatic N) is 1. The molecule has 1 aliphatic rings. The van der Waals surface area contributed by atoms with E-state index < -0.39 is 0 Å². The first-order valence-electron chi connectivity index (χ1n) is 8.07. The lowest BCUT2D eigenvalue weighted by Gasteiger charge is -2.28. The molecule has 0 saturated carbocycles. The van der Waals surface area contributed by atoms with E-state index in [9.17, 15) is 9.59 Å². The number of rotatable bonds is 5. The number of aromatic amines is 1. The number of hydrogen-bond donors (Lipinski definition) is 2. The Morgan fingerprint density at radius 3 is 2.77 bits per heavy atom. The van der Waals surface area contributed by atoms with Crippen LogP contribution in [0.1, 0.15) is 50.4 Å². The molecule has 22 heavy (non-hydrogen) atoms. The lowest BCUT2D eigenvalue weighted by atomic mass is 9.94. The van der Waals surface area contributed by atoms with Crippen molar-refractivity contribution in [3.8, 4) is 0 Å². The second-order valence-electron chi connectivity index (χ2n) is 5.71. The zero-order valence-corrected chi connectivity index (χ0v) is 13.6. The fraction of sp³-hybridized carbons (Fsp3) is 0.688. The number of H-pyrrole nitrogens is 1. The molecule has 2 atom stereocenters. The largest absolute Gasteiger partial charge is 0.378 e. The van der Waals surface area contributed by atoms with Gasteiger partial charge in [-0.25, -0.2) is 5.10 Å². The van der Waals surface area contributed by atoms with Crippen LogP contribution in [-0.2, 0) is 28.9 Å². The molecule has 0 aromatic carbocycles. The fourth-order valence-electron chi connectivity index (χ4n) is 3.04. The normalized spacial score (nSPS) is 21.6. The van der Waals surface area contributed by atoms with Crippen LogP contribution in [0.25, 0.3) is 0 Å². The SMILES string of the molecule is CCc1n[nH]c(=O)c(CNC(=O)C2CCCOC2C)c1CC. The molecule has 2 N–H and O–H groups in total. The van der Waals surface area contributed by atoms with Crippen LogP contribution in [0.15, 0.2) is 4.79 Å². The van der Waals surface area contributed by atoms with Gasteiger partial charge in [0.05, 0.1) is 17.7 Å². The van der Waals surface area contributed by atoms with Crippen molar-refractivity contribution in [2.45, 2.75) is 59.1 Å². The van der Waals surface area contributed by atoms with E-state index in [0.717, 1.165) is 43.5 Å². The van der Waals surface area contributed by atoms with E-state index in [0.29, 0.717) is 5.56 Å². The summed E-state index contributed by atoms with van der Waals surface area (Å²) in [5, 5.41) is 9.51. The van der Waals surface area contributed by atoms with E-state index in [1.165, 1.54) is 0 Å². The van der Waals surface area contributed by atoms with Crippen molar-refractivity contribution >= 4 is 5.91 Å². The van der Waals surface area contributed by atoms with E-state index in [4.69, 9.17) is 4.74 Å². The second kappa shape index (κ2) is 7.54. The number of amides is 1. The topological polar surface area (TPSA) is 84.1 Å². The molecule has 2 heterocycles. The minimum atomic E-state index is -0.220. The number of nitrogens with one attached hydrogen (secondary N) is 2.